The topological polar surface area (TPSA) is 21.3 Å². The maximum atomic E-state index is 6.02. The summed E-state index contributed by atoms with van der Waals surface area (Å²) in [7, 11) is 0. The standard InChI is InChI=1S/C13H18ClNO.C2H6/c1-9-5-11(14)6-10(2)13(9)7-12-8-15-3-4-16-12;1-2/h5-6,12,15H,3-4,7-8H2,1-2H3;1-2H3. The summed E-state index contributed by atoms with van der Waals surface area (Å²) < 4.78 is 5.73. The molecule has 1 aliphatic rings. The van der Waals surface area contributed by atoms with Crippen LogP contribution in [0.25, 0.3) is 0 Å². The molecule has 0 bridgehead atoms. The highest BCUT2D eigenvalue weighted by molar-refractivity contribution is 6.30. The van der Waals surface area contributed by atoms with E-state index in [4.69, 9.17) is 16.3 Å². The van der Waals surface area contributed by atoms with Crippen molar-refractivity contribution in [1.82, 2.24) is 5.32 Å². The lowest BCUT2D eigenvalue weighted by atomic mass is 9.97. The third-order valence-electron chi connectivity index (χ3n) is 3.10. The predicted molar refractivity (Wildman–Crippen MR) is 78.6 cm³/mol. The van der Waals surface area contributed by atoms with Crippen molar-refractivity contribution >= 4 is 11.6 Å². The van der Waals surface area contributed by atoms with Crippen molar-refractivity contribution in [2.24, 2.45) is 0 Å². The first-order valence-corrected chi connectivity index (χ1v) is 7.12. The van der Waals surface area contributed by atoms with Gasteiger partial charge in [0, 0.05) is 24.5 Å². The average Bonchev–Trinajstić information content (AvgIpc) is 2.37. The summed E-state index contributed by atoms with van der Waals surface area (Å²) in [5.41, 5.74) is 3.90. The van der Waals surface area contributed by atoms with Gasteiger partial charge in [-0.3, -0.25) is 0 Å². The monoisotopic (exact) mass is 269 g/mol. The number of halogens is 1. The average molecular weight is 270 g/mol. The van der Waals surface area contributed by atoms with Gasteiger partial charge in [-0.25, -0.2) is 0 Å². The van der Waals surface area contributed by atoms with Crippen molar-refractivity contribution in [2.45, 2.75) is 40.2 Å². The van der Waals surface area contributed by atoms with E-state index in [9.17, 15) is 0 Å². The highest BCUT2D eigenvalue weighted by atomic mass is 35.5. The first-order valence-electron chi connectivity index (χ1n) is 6.75. The van der Waals surface area contributed by atoms with Crippen LogP contribution >= 0.6 is 11.6 Å². The van der Waals surface area contributed by atoms with Crippen LogP contribution < -0.4 is 5.32 Å². The van der Waals surface area contributed by atoms with Crippen LogP contribution in [-0.2, 0) is 11.2 Å². The van der Waals surface area contributed by atoms with E-state index in [1.54, 1.807) is 0 Å². The van der Waals surface area contributed by atoms with Gasteiger partial charge in [-0.15, -0.1) is 0 Å². The first kappa shape index (κ1) is 15.5. The van der Waals surface area contributed by atoms with Gasteiger partial charge in [0.2, 0.25) is 0 Å². The number of rotatable bonds is 2. The molecule has 1 aromatic carbocycles. The minimum atomic E-state index is 0.298. The second-order valence-corrected chi connectivity index (χ2v) is 4.86. The highest BCUT2D eigenvalue weighted by Gasteiger charge is 2.16. The molecule has 1 aliphatic heterocycles. The van der Waals surface area contributed by atoms with Crippen LogP contribution in [0.15, 0.2) is 12.1 Å². The number of ether oxygens (including phenoxy) is 1. The molecule has 102 valence electrons. The second kappa shape index (κ2) is 7.78. The number of morpholine rings is 1. The summed E-state index contributed by atoms with van der Waals surface area (Å²) in [5, 5.41) is 4.18. The summed E-state index contributed by atoms with van der Waals surface area (Å²) in [5.74, 6) is 0. The zero-order valence-electron chi connectivity index (χ0n) is 11.8. The van der Waals surface area contributed by atoms with Gasteiger partial charge in [0.25, 0.3) is 0 Å². The second-order valence-electron chi connectivity index (χ2n) is 4.42. The summed E-state index contributed by atoms with van der Waals surface area (Å²) in [6, 6.07) is 4.06. The summed E-state index contributed by atoms with van der Waals surface area (Å²) in [6.07, 6.45) is 1.27. The van der Waals surface area contributed by atoms with Gasteiger partial charge in [-0.2, -0.15) is 0 Å². The van der Waals surface area contributed by atoms with E-state index in [2.05, 4.69) is 19.2 Å². The van der Waals surface area contributed by atoms with Crippen molar-refractivity contribution in [3.05, 3.63) is 33.8 Å². The highest BCUT2D eigenvalue weighted by Crippen LogP contribution is 2.22. The number of benzene rings is 1. The van der Waals surface area contributed by atoms with Gasteiger partial charge in [-0.05, 0) is 42.7 Å². The largest absolute Gasteiger partial charge is 0.375 e. The number of nitrogens with one attached hydrogen (secondary N) is 1. The Morgan fingerprint density at radius 3 is 2.39 bits per heavy atom. The Balaban J connectivity index is 0.000000771. The normalized spacial score (nSPS) is 19.1. The lowest BCUT2D eigenvalue weighted by molar-refractivity contribution is 0.0290. The molecule has 0 radical (unpaired) electrons. The van der Waals surface area contributed by atoms with E-state index in [1.807, 2.05) is 26.0 Å². The Labute approximate surface area is 116 Å². The Hall–Kier alpha value is -0.570. The van der Waals surface area contributed by atoms with Crippen molar-refractivity contribution in [2.75, 3.05) is 19.7 Å². The third kappa shape index (κ3) is 4.27. The van der Waals surface area contributed by atoms with E-state index in [0.717, 1.165) is 31.1 Å². The molecule has 1 aromatic rings. The predicted octanol–water partition coefficient (Wildman–Crippen LogP) is 3.51. The molecule has 3 heteroatoms. The van der Waals surface area contributed by atoms with Crippen LogP contribution in [0, 0.1) is 13.8 Å². The fraction of sp³-hybridized carbons (Fsp3) is 0.600. The lowest BCUT2D eigenvalue weighted by Crippen LogP contribution is -2.39. The van der Waals surface area contributed by atoms with Crippen LogP contribution in [0.4, 0.5) is 0 Å². The van der Waals surface area contributed by atoms with E-state index >= 15 is 0 Å². The van der Waals surface area contributed by atoms with Gasteiger partial charge < -0.3 is 10.1 Å². The zero-order valence-corrected chi connectivity index (χ0v) is 12.6. The van der Waals surface area contributed by atoms with Gasteiger partial charge in [0.15, 0.2) is 0 Å². The minimum absolute atomic E-state index is 0.298. The molecular weight excluding hydrogens is 246 g/mol. The Bertz CT molecular complexity index is 350. The molecule has 0 amide bonds. The van der Waals surface area contributed by atoms with Crippen LogP contribution in [0.1, 0.15) is 30.5 Å². The molecule has 1 N–H and O–H groups in total. The van der Waals surface area contributed by atoms with Gasteiger partial charge >= 0.3 is 0 Å². The molecule has 1 unspecified atom stereocenters. The number of hydrogen-bond acceptors (Lipinski definition) is 2. The minimum Gasteiger partial charge on any atom is -0.375 e. The number of hydrogen-bond donors (Lipinski definition) is 1. The van der Waals surface area contributed by atoms with Crippen molar-refractivity contribution in [3.63, 3.8) is 0 Å². The molecule has 1 atom stereocenters. The molecular formula is C15H24ClNO. The fourth-order valence-electron chi connectivity index (χ4n) is 2.24. The molecule has 2 nitrogen and oxygen atoms in total. The quantitative estimate of drug-likeness (QED) is 0.887. The maximum Gasteiger partial charge on any atom is 0.0740 e. The smallest absolute Gasteiger partial charge is 0.0740 e. The first-order chi connectivity index (χ1) is 8.66. The molecule has 0 spiro atoms. The lowest BCUT2D eigenvalue weighted by Gasteiger charge is -2.25. The SMILES string of the molecule is CC.Cc1cc(Cl)cc(C)c1CC1CNCCO1. The molecule has 2 rings (SSSR count). The van der Waals surface area contributed by atoms with Gasteiger partial charge in [0.05, 0.1) is 12.7 Å². The van der Waals surface area contributed by atoms with Crippen LogP contribution in [0.3, 0.4) is 0 Å². The van der Waals surface area contributed by atoms with E-state index in [1.165, 1.54) is 16.7 Å². The molecule has 0 saturated carbocycles. The van der Waals surface area contributed by atoms with Gasteiger partial charge in [0.1, 0.15) is 0 Å². The molecule has 1 heterocycles. The zero-order chi connectivity index (χ0) is 13.5. The molecule has 1 fully saturated rings. The summed E-state index contributed by atoms with van der Waals surface area (Å²) >= 11 is 6.02. The van der Waals surface area contributed by atoms with E-state index in [-0.39, 0.29) is 0 Å². The maximum absolute atomic E-state index is 6.02. The van der Waals surface area contributed by atoms with Crippen molar-refractivity contribution < 1.29 is 4.74 Å². The molecule has 1 saturated heterocycles. The summed E-state index contributed by atoms with van der Waals surface area (Å²) in [4.78, 5) is 0. The molecule has 18 heavy (non-hydrogen) atoms. The van der Waals surface area contributed by atoms with Crippen molar-refractivity contribution in [3.8, 4) is 0 Å². The Morgan fingerprint density at radius 2 is 1.89 bits per heavy atom. The summed E-state index contributed by atoms with van der Waals surface area (Å²) in [6.45, 7) is 11.0. The van der Waals surface area contributed by atoms with E-state index < -0.39 is 0 Å². The van der Waals surface area contributed by atoms with Crippen LogP contribution in [-0.4, -0.2) is 25.8 Å². The molecule has 0 aliphatic carbocycles. The van der Waals surface area contributed by atoms with Gasteiger partial charge in [-0.1, -0.05) is 25.4 Å². The van der Waals surface area contributed by atoms with Crippen molar-refractivity contribution in [1.29, 1.82) is 0 Å². The Morgan fingerprint density at radius 1 is 1.28 bits per heavy atom. The number of aryl methyl sites for hydroxylation is 2. The van der Waals surface area contributed by atoms with E-state index in [0.29, 0.717) is 6.10 Å². The van der Waals surface area contributed by atoms with Crippen LogP contribution in [0.5, 0.6) is 0 Å². The fourth-order valence-corrected chi connectivity index (χ4v) is 2.57. The Kier molecular flexibility index (Phi) is 6.69. The van der Waals surface area contributed by atoms with Crippen LogP contribution in [0.2, 0.25) is 5.02 Å². The third-order valence-corrected chi connectivity index (χ3v) is 3.32. The molecule has 0 aromatic heterocycles.